The van der Waals surface area contributed by atoms with E-state index in [-0.39, 0.29) is 5.92 Å². The summed E-state index contributed by atoms with van der Waals surface area (Å²) in [7, 11) is 0. The van der Waals surface area contributed by atoms with Crippen LogP contribution in [0.15, 0.2) is 12.2 Å². The molecule has 0 saturated heterocycles. The van der Waals surface area contributed by atoms with E-state index >= 15 is 0 Å². The number of carboxylic acids is 1. The Balaban J connectivity index is 2.63. The van der Waals surface area contributed by atoms with Crippen LogP contribution in [0.1, 0.15) is 20.3 Å². The number of allylic oxidation sites excluding steroid dienone is 1. The standard InChI is InChI=1S/C9H14O2/c1-6(2)7-4-3-5-8(7)9(10)11/h3,5-8H,4H2,1-2H3,(H,10,11). The highest BCUT2D eigenvalue weighted by Crippen LogP contribution is 2.31. The van der Waals surface area contributed by atoms with Gasteiger partial charge in [-0.15, -0.1) is 0 Å². The lowest BCUT2D eigenvalue weighted by atomic mass is 9.86. The monoisotopic (exact) mass is 154 g/mol. The fraction of sp³-hybridized carbons (Fsp3) is 0.667. The summed E-state index contributed by atoms with van der Waals surface area (Å²) in [5.74, 6) is -0.147. The van der Waals surface area contributed by atoms with Crippen LogP contribution in [-0.4, -0.2) is 11.1 Å². The summed E-state index contributed by atoms with van der Waals surface area (Å²) in [4.78, 5) is 10.7. The van der Waals surface area contributed by atoms with E-state index in [0.717, 1.165) is 6.42 Å². The molecule has 1 aliphatic carbocycles. The van der Waals surface area contributed by atoms with Crippen LogP contribution < -0.4 is 0 Å². The van der Waals surface area contributed by atoms with Crippen LogP contribution in [0, 0.1) is 17.8 Å². The number of hydrogen-bond acceptors (Lipinski definition) is 1. The largest absolute Gasteiger partial charge is 0.481 e. The minimum absolute atomic E-state index is 0.241. The molecule has 62 valence electrons. The summed E-state index contributed by atoms with van der Waals surface area (Å²) in [6.45, 7) is 4.15. The van der Waals surface area contributed by atoms with Gasteiger partial charge in [0.25, 0.3) is 0 Å². The summed E-state index contributed by atoms with van der Waals surface area (Å²) in [6, 6.07) is 0. The van der Waals surface area contributed by atoms with E-state index in [9.17, 15) is 4.79 Å². The van der Waals surface area contributed by atoms with Crippen molar-refractivity contribution in [1.82, 2.24) is 0 Å². The van der Waals surface area contributed by atoms with Crippen LogP contribution in [0.25, 0.3) is 0 Å². The number of carboxylic acid groups (broad SMARTS) is 1. The Kier molecular flexibility index (Phi) is 2.32. The molecule has 2 atom stereocenters. The zero-order valence-electron chi connectivity index (χ0n) is 6.95. The van der Waals surface area contributed by atoms with Gasteiger partial charge in [0.15, 0.2) is 0 Å². The minimum atomic E-state index is -0.683. The van der Waals surface area contributed by atoms with E-state index in [1.54, 1.807) is 0 Å². The maximum atomic E-state index is 10.7. The van der Waals surface area contributed by atoms with E-state index in [4.69, 9.17) is 5.11 Å². The predicted octanol–water partition coefficient (Wildman–Crippen LogP) is 1.92. The molecule has 0 spiro atoms. The minimum Gasteiger partial charge on any atom is -0.481 e. The zero-order chi connectivity index (χ0) is 8.43. The Morgan fingerprint density at radius 1 is 1.64 bits per heavy atom. The molecule has 1 N–H and O–H groups in total. The van der Waals surface area contributed by atoms with Gasteiger partial charge in [-0.1, -0.05) is 26.0 Å². The molecule has 0 saturated carbocycles. The van der Waals surface area contributed by atoms with E-state index < -0.39 is 5.97 Å². The maximum Gasteiger partial charge on any atom is 0.310 e. The second-order valence-electron chi connectivity index (χ2n) is 3.44. The molecule has 0 aromatic rings. The Hall–Kier alpha value is -0.790. The summed E-state index contributed by atoms with van der Waals surface area (Å²) in [6.07, 6.45) is 4.71. The number of aliphatic carboxylic acids is 1. The molecule has 0 aliphatic heterocycles. The van der Waals surface area contributed by atoms with Crippen molar-refractivity contribution in [3.05, 3.63) is 12.2 Å². The summed E-state index contributed by atoms with van der Waals surface area (Å²) >= 11 is 0. The molecule has 11 heavy (non-hydrogen) atoms. The second kappa shape index (κ2) is 3.07. The van der Waals surface area contributed by atoms with Gasteiger partial charge in [0.2, 0.25) is 0 Å². The highest BCUT2D eigenvalue weighted by atomic mass is 16.4. The van der Waals surface area contributed by atoms with Gasteiger partial charge >= 0.3 is 5.97 Å². The first-order valence-electron chi connectivity index (χ1n) is 4.02. The van der Waals surface area contributed by atoms with Gasteiger partial charge in [0.05, 0.1) is 5.92 Å². The number of carbonyl (C=O) groups is 1. The van der Waals surface area contributed by atoms with Crippen molar-refractivity contribution in [2.24, 2.45) is 17.8 Å². The Labute approximate surface area is 66.9 Å². The molecule has 0 aromatic heterocycles. The SMILES string of the molecule is CC(C)C1CC=CC1C(=O)O. The van der Waals surface area contributed by atoms with Gasteiger partial charge in [-0.25, -0.2) is 0 Å². The van der Waals surface area contributed by atoms with Crippen LogP contribution in [0.3, 0.4) is 0 Å². The number of hydrogen-bond donors (Lipinski definition) is 1. The summed E-state index contributed by atoms with van der Waals surface area (Å²) in [5, 5.41) is 8.78. The Morgan fingerprint density at radius 3 is 2.64 bits per heavy atom. The van der Waals surface area contributed by atoms with Crippen LogP contribution in [0.2, 0.25) is 0 Å². The second-order valence-corrected chi connectivity index (χ2v) is 3.44. The van der Waals surface area contributed by atoms with E-state index in [1.165, 1.54) is 0 Å². The van der Waals surface area contributed by atoms with Gasteiger partial charge in [0, 0.05) is 0 Å². The zero-order valence-corrected chi connectivity index (χ0v) is 6.95. The maximum absolute atomic E-state index is 10.7. The molecule has 2 heteroatoms. The molecule has 0 heterocycles. The van der Waals surface area contributed by atoms with E-state index in [0.29, 0.717) is 11.8 Å². The smallest absolute Gasteiger partial charge is 0.310 e. The average molecular weight is 154 g/mol. The summed E-state index contributed by atoms with van der Waals surface area (Å²) in [5.41, 5.74) is 0. The summed E-state index contributed by atoms with van der Waals surface area (Å²) < 4.78 is 0. The van der Waals surface area contributed by atoms with Gasteiger partial charge in [0.1, 0.15) is 0 Å². The van der Waals surface area contributed by atoms with Crippen molar-refractivity contribution in [3.8, 4) is 0 Å². The van der Waals surface area contributed by atoms with Crippen LogP contribution in [0.4, 0.5) is 0 Å². The molecule has 0 amide bonds. The van der Waals surface area contributed by atoms with Gasteiger partial charge in [-0.05, 0) is 18.3 Å². The van der Waals surface area contributed by atoms with E-state index in [2.05, 4.69) is 13.8 Å². The third kappa shape index (κ3) is 1.62. The van der Waals surface area contributed by atoms with Crippen molar-refractivity contribution in [1.29, 1.82) is 0 Å². The van der Waals surface area contributed by atoms with Gasteiger partial charge < -0.3 is 5.11 Å². The lowest BCUT2D eigenvalue weighted by Crippen LogP contribution is -2.22. The Bertz CT molecular complexity index is 182. The first-order chi connectivity index (χ1) is 5.13. The first-order valence-corrected chi connectivity index (χ1v) is 4.02. The molecular weight excluding hydrogens is 140 g/mol. The highest BCUT2D eigenvalue weighted by molar-refractivity contribution is 5.73. The quantitative estimate of drug-likeness (QED) is 0.617. The predicted molar refractivity (Wildman–Crippen MR) is 43.2 cm³/mol. The molecule has 1 aliphatic rings. The van der Waals surface area contributed by atoms with Crippen LogP contribution >= 0.6 is 0 Å². The van der Waals surface area contributed by atoms with Gasteiger partial charge in [-0.2, -0.15) is 0 Å². The first kappa shape index (κ1) is 8.31. The third-order valence-electron chi connectivity index (χ3n) is 2.35. The molecule has 1 rings (SSSR count). The van der Waals surface area contributed by atoms with E-state index in [1.807, 2.05) is 12.2 Å². The van der Waals surface area contributed by atoms with Crippen LogP contribution in [-0.2, 0) is 4.79 Å². The van der Waals surface area contributed by atoms with Crippen molar-refractivity contribution < 1.29 is 9.90 Å². The lowest BCUT2D eigenvalue weighted by molar-refractivity contribution is -0.141. The van der Waals surface area contributed by atoms with Gasteiger partial charge in [-0.3, -0.25) is 4.79 Å². The highest BCUT2D eigenvalue weighted by Gasteiger charge is 2.30. The fourth-order valence-electron chi connectivity index (χ4n) is 1.62. The van der Waals surface area contributed by atoms with Crippen molar-refractivity contribution in [3.63, 3.8) is 0 Å². The molecule has 0 bridgehead atoms. The van der Waals surface area contributed by atoms with Crippen molar-refractivity contribution >= 4 is 5.97 Å². The number of rotatable bonds is 2. The van der Waals surface area contributed by atoms with Crippen LogP contribution in [0.5, 0.6) is 0 Å². The molecule has 2 nitrogen and oxygen atoms in total. The topological polar surface area (TPSA) is 37.3 Å². The molecule has 2 unspecified atom stereocenters. The lowest BCUT2D eigenvalue weighted by Gasteiger charge is -2.18. The fourth-order valence-corrected chi connectivity index (χ4v) is 1.62. The van der Waals surface area contributed by atoms with Crippen molar-refractivity contribution in [2.75, 3.05) is 0 Å². The molecule has 0 fully saturated rings. The molecule has 0 aromatic carbocycles. The van der Waals surface area contributed by atoms with Crippen molar-refractivity contribution in [2.45, 2.75) is 20.3 Å². The normalized spacial score (nSPS) is 29.7. The Morgan fingerprint density at radius 2 is 2.27 bits per heavy atom. The third-order valence-corrected chi connectivity index (χ3v) is 2.35. The average Bonchev–Trinajstić information content (AvgIpc) is 2.32. The molecule has 0 radical (unpaired) electrons. The molecular formula is C9H14O2.